The number of thiazole rings is 1. The average Bonchev–Trinajstić information content (AvgIpc) is 2.89. The van der Waals surface area contributed by atoms with Gasteiger partial charge in [-0.15, -0.1) is 0 Å². The number of benzene rings is 1. The predicted molar refractivity (Wildman–Crippen MR) is 89.0 cm³/mol. The standard InChI is InChI=1S/C15H22N4OS/c1-3-19(4-2)11-7-10-16-14(20)18-15-17-12-8-5-6-9-13(12)21-15/h5-6,8-9H,3-4,7,10-11H2,1-2H3,(H2,16,17,18,20). The molecule has 21 heavy (non-hydrogen) atoms. The molecule has 0 saturated heterocycles. The minimum atomic E-state index is -0.186. The molecule has 2 aromatic rings. The minimum absolute atomic E-state index is 0.186. The van der Waals surface area contributed by atoms with Crippen molar-refractivity contribution < 1.29 is 4.79 Å². The maximum atomic E-state index is 11.8. The van der Waals surface area contributed by atoms with E-state index in [1.54, 1.807) is 0 Å². The summed E-state index contributed by atoms with van der Waals surface area (Å²) in [6.45, 7) is 8.08. The zero-order valence-corrected chi connectivity index (χ0v) is 13.4. The number of urea groups is 1. The summed E-state index contributed by atoms with van der Waals surface area (Å²) in [6.07, 6.45) is 0.953. The Morgan fingerprint density at radius 2 is 2.05 bits per heavy atom. The number of para-hydroxylation sites is 1. The van der Waals surface area contributed by atoms with Gasteiger partial charge in [-0.2, -0.15) is 0 Å². The van der Waals surface area contributed by atoms with Crippen LogP contribution in [0.2, 0.25) is 0 Å². The van der Waals surface area contributed by atoms with E-state index < -0.39 is 0 Å². The molecule has 0 spiro atoms. The molecule has 0 aliphatic rings. The molecule has 0 atom stereocenters. The molecule has 0 radical (unpaired) electrons. The molecule has 0 saturated carbocycles. The molecule has 0 aliphatic carbocycles. The van der Waals surface area contributed by atoms with Gasteiger partial charge in [-0.25, -0.2) is 9.78 Å². The first kappa shape index (κ1) is 15.7. The lowest BCUT2D eigenvalue weighted by atomic mass is 10.3. The molecule has 1 aromatic heterocycles. The van der Waals surface area contributed by atoms with Crippen LogP contribution in [0.5, 0.6) is 0 Å². The van der Waals surface area contributed by atoms with Crippen LogP contribution in [0.3, 0.4) is 0 Å². The molecular weight excluding hydrogens is 284 g/mol. The SMILES string of the molecule is CCN(CC)CCCNC(=O)Nc1nc2ccccc2s1. The fourth-order valence-electron chi connectivity index (χ4n) is 2.11. The highest BCUT2D eigenvalue weighted by Gasteiger charge is 2.07. The summed E-state index contributed by atoms with van der Waals surface area (Å²) in [5.74, 6) is 0. The Labute approximate surface area is 129 Å². The second kappa shape index (κ2) is 7.95. The predicted octanol–water partition coefficient (Wildman–Crippen LogP) is 3.15. The normalized spacial score (nSPS) is 11.0. The maximum Gasteiger partial charge on any atom is 0.321 e. The fraction of sp³-hybridized carbons (Fsp3) is 0.467. The van der Waals surface area contributed by atoms with Crippen molar-refractivity contribution in [3.8, 4) is 0 Å². The molecule has 0 aliphatic heterocycles. The summed E-state index contributed by atoms with van der Waals surface area (Å²) >= 11 is 1.49. The van der Waals surface area contributed by atoms with Gasteiger partial charge in [0.25, 0.3) is 0 Å². The van der Waals surface area contributed by atoms with Crippen molar-refractivity contribution in [2.24, 2.45) is 0 Å². The summed E-state index contributed by atoms with van der Waals surface area (Å²) in [6, 6.07) is 7.67. The van der Waals surface area contributed by atoms with Gasteiger partial charge in [0.05, 0.1) is 10.2 Å². The highest BCUT2D eigenvalue weighted by Crippen LogP contribution is 2.25. The summed E-state index contributed by atoms with van der Waals surface area (Å²) < 4.78 is 1.08. The summed E-state index contributed by atoms with van der Waals surface area (Å²) in [4.78, 5) is 18.5. The van der Waals surface area contributed by atoms with E-state index in [4.69, 9.17) is 0 Å². The Balaban J connectivity index is 1.74. The number of nitrogens with one attached hydrogen (secondary N) is 2. The Bertz CT molecular complexity index is 547. The molecule has 6 heteroatoms. The topological polar surface area (TPSA) is 57.3 Å². The largest absolute Gasteiger partial charge is 0.338 e. The van der Waals surface area contributed by atoms with Crippen LogP contribution in [-0.2, 0) is 0 Å². The van der Waals surface area contributed by atoms with Crippen LogP contribution in [0, 0.1) is 0 Å². The third-order valence-electron chi connectivity index (χ3n) is 3.35. The van der Waals surface area contributed by atoms with Crippen LogP contribution in [0.15, 0.2) is 24.3 Å². The highest BCUT2D eigenvalue weighted by atomic mass is 32.1. The van der Waals surface area contributed by atoms with Gasteiger partial charge in [0.1, 0.15) is 0 Å². The summed E-state index contributed by atoms with van der Waals surface area (Å²) in [5.41, 5.74) is 0.916. The average molecular weight is 306 g/mol. The number of nitrogens with zero attached hydrogens (tertiary/aromatic N) is 2. The van der Waals surface area contributed by atoms with Gasteiger partial charge in [0.15, 0.2) is 5.13 Å². The van der Waals surface area contributed by atoms with E-state index >= 15 is 0 Å². The van der Waals surface area contributed by atoms with E-state index in [0.29, 0.717) is 11.7 Å². The van der Waals surface area contributed by atoms with Gasteiger partial charge < -0.3 is 10.2 Å². The van der Waals surface area contributed by atoms with Gasteiger partial charge in [-0.05, 0) is 38.2 Å². The van der Waals surface area contributed by atoms with Crippen molar-refractivity contribution in [3.05, 3.63) is 24.3 Å². The van der Waals surface area contributed by atoms with E-state index in [1.165, 1.54) is 11.3 Å². The lowest BCUT2D eigenvalue weighted by molar-refractivity contribution is 0.250. The number of anilines is 1. The zero-order valence-electron chi connectivity index (χ0n) is 12.6. The lowest BCUT2D eigenvalue weighted by Crippen LogP contribution is -2.32. The molecule has 0 bridgehead atoms. The molecule has 2 N–H and O–H groups in total. The van der Waals surface area contributed by atoms with Gasteiger partial charge >= 0.3 is 6.03 Å². The second-order valence-electron chi connectivity index (χ2n) is 4.75. The van der Waals surface area contributed by atoms with Gasteiger partial charge in [0.2, 0.25) is 0 Å². The third kappa shape index (κ3) is 4.68. The van der Waals surface area contributed by atoms with Crippen LogP contribution < -0.4 is 10.6 Å². The number of carbonyl (C=O) groups excluding carboxylic acids is 1. The molecule has 5 nitrogen and oxygen atoms in total. The van der Waals surface area contributed by atoms with E-state index in [9.17, 15) is 4.79 Å². The lowest BCUT2D eigenvalue weighted by Gasteiger charge is -2.17. The first-order valence-electron chi connectivity index (χ1n) is 7.35. The number of aromatic nitrogens is 1. The monoisotopic (exact) mass is 306 g/mol. The summed E-state index contributed by atoms with van der Waals surface area (Å²) in [7, 11) is 0. The van der Waals surface area contributed by atoms with Crippen LogP contribution in [0.25, 0.3) is 10.2 Å². The number of amides is 2. The minimum Gasteiger partial charge on any atom is -0.338 e. The molecule has 1 heterocycles. The van der Waals surface area contributed by atoms with Crippen LogP contribution in [0.4, 0.5) is 9.93 Å². The maximum absolute atomic E-state index is 11.8. The van der Waals surface area contributed by atoms with E-state index in [-0.39, 0.29) is 6.03 Å². The van der Waals surface area contributed by atoms with Crippen molar-refractivity contribution in [2.75, 3.05) is 31.5 Å². The van der Waals surface area contributed by atoms with Gasteiger partial charge in [-0.1, -0.05) is 37.3 Å². The van der Waals surface area contributed by atoms with E-state index in [2.05, 4.69) is 34.4 Å². The smallest absolute Gasteiger partial charge is 0.321 e. The fourth-order valence-corrected chi connectivity index (χ4v) is 2.97. The molecule has 0 fully saturated rings. The molecule has 2 amide bonds. The highest BCUT2D eigenvalue weighted by molar-refractivity contribution is 7.22. The number of carbonyl (C=O) groups is 1. The van der Waals surface area contributed by atoms with Gasteiger partial charge in [-0.3, -0.25) is 5.32 Å². The first-order chi connectivity index (χ1) is 10.2. The molecular formula is C15H22N4OS. The molecule has 0 unspecified atom stereocenters. The molecule has 1 aromatic carbocycles. The number of hydrogen-bond donors (Lipinski definition) is 2. The Morgan fingerprint density at radius 3 is 2.76 bits per heavy atom. The Hall–Kier alpha value is -1.66. The number of fused-ring (bicyclic) bond motifs is 1. The number of rotatable bonds is 7. The second-order valence-corrected chi connectivity index (χ2v) is 5.78. The third-order valence-corrected chi connectivity index (χ3v) is 4.30. The van der Waals surface area contributed by atoms with Crippen molar-refractivity contribution in [1.29, 1.82) is 0 Å². The zero-order chi connectivity index (χ0) is 15.1. The van der Waals surface area contributed by atoms with E-state index in [0.717, 1.165) is 36.3 Å². The Kier molecular flexibility index (Phi) is 5.95. The van der Waals surface area contributed by atoms with Gasteiger partial charge in [0, 0.05) is 6.54 Å². The molecule has 2 rings (SSSR count). The first-order valence-corrected chi connectivity index (χ1v) is 8.17. The quantitative estimate of drug-likeness (QED) is 0.773. The van der Waals surface area contributed by atoms with Crippen LogP contribution >= 0.6 is 11.3 Å². The molecule has 114 valence electrons. The van der Waals surface area contributed by atoms with E-state index in [1.807, 2.05) is 24.3 Å². The van der Waals surface area contributed by atoms with Crippen molar-refractivity contribution in [2.45, 2.75) is 20.3 Å². The summed E-state index contributed by atoms with van der Waals surface area (Å²) in [5, 5.41) is 6.30. The van der Waals surface area contributed by atoms with Crippen molar-refractivity contribution >= 4 is 32.7 Å². The van der Waals surface area contributed by atoms with Crippen molar-refractivity contribution in [1.82, 2.24) is 15.2 Å². The van der Waals surface area contributed by atoms with Crippen LogP contribution in [-0.4, -0.2) is 42.1 Å². The number of hydrogen-bond acceptors (Lipinski definition) is 4. The van der Waals surface area contributed by atoms with Crippen LogP contribution in [0.1, 0.15) is 20.3 Å². The Morgan fingerprint density at radius 1 is 1.29 bits per heavy atom. The van der Waals surface area contributed by atoms with Crippen molar-refractivity contribution in [3.63, 3.8) is 0 Å².